The summed E-state index contributed by atoms with van der Waals surface area (Å²) in [6, 6.07) is 3.38. The second-order valence-corrected chi connectivity index (χ2v) is 3.41. The average molecular weight is 230 g/mol. The van der Waals surface area contributed by atoms with E-state index in [2.05, 4.69) is 15.5 Å². The summed E-state index contributed by atoms with van der Waals surface area (Å²) in [4.78, 5) is 10.2. The number of nitrogens with one attached hydrogen (secondary N) is 1. The van der Waals surface area contributed by atoms with Gasteiger partial charge in [-0.25, -0.2) is 0 Å². The summed E-state index contributed by atoms with van der Waals surface area (Å²) >= 11 is 5.56. The zero-order chi connectivity index (χ0) is 11.1. The van der Waals surface area contributed by atoms with Crippen LogP contribution < -0.4 is 5.32 Å². The van der Waals surface area contributed by atoms with E-state index in [-0.39, 0.29) is 6.42 Å². The minimum atomic E-state index is -0.763. The number of aromatic nitrogens is 2. The molecule has 0 bridgehead atoms. The zero-order valence-corrected chi connectivity index (χ0v) is 8.87. The largest absolute Gasteiger partial charge is 0.481 e. The quantitative estimate of drug-likeness (QED) is 0.728. The summed E-state index contributed by atoms with van der Waals surface area (Å²) in [5, 5.41) is 19.2. The van der Waals surface area contributed by atoms with Gasteiger partial charge in [0.1, 0.15) is 5.82 Å². The first kappa shape index (κ1) is 11.7. The fourth-order valence-corrected chi connectivity index (χ4v) is 1.13. The Hall–Kier alpha value is -1.36. The molecule has 0 spiro atoms. The molecule has 0 fully saturated rings. The summed E-state index contributed by atoms with van der Waals surface area (Å²) in [6.07, 6.45) is 1.65. The van der Waals surface area contributed by atoms with Gasteiger partial charge in [0.2, 0.25) is 0 Å². The lowest BCUT2D eigenvalue weighted by molar-refractivity contribution is -0.137. The Morgan fingerprint density at radius 1 is 1.40 bits per heavy atom. The minimum absolute atomic E-state index is 0.202. The van der Waals surface area contributed by atoms with E-state index in [4.69, 9.17) is 16.7 Å². The van der Waals surface area contributed by atoms with Gasteiger partial charge < -0.3 is 10.4 Å². The van der Waals surface area contributed by atoms with Gasteiger partial charge in [0.05, 0.1) is 0 Å². The fraction of sp³-hybridized carbons (Fsp3) is 0.444. The van der Waals surface area contributed by atoms with Gasteiger partial charge in [0.15, 0.2) is 5.15 Å². The van der Waals surface area contributed by atoms with Gasteiger partial charge in [-0.15, -0.1) is 10.2 Å². The van der Waals surface area contributed by atoms with Gasteiger partial charge in [-0.3, -0.25) is 4.79 Å². The van der Waals surface area contributed by atoms with E-state index in [1.807, 2.05) is 0 Å². The highest BCUT2D eigenvalue weighted by atomic mass is 35.5. The van der Waals surface area contributed by atoms with Crippen LogP contribution in [0.4, 0.5) is 5.82 Å². The molecule has 1 rings (SSSR count). The molecule has 2 N–H and O–H groups in total. The van der Waals surface area contributed by atoms with Crippen LogP contribution in [0.15, 0.2) is 12.1 Å². The lowest BCUT2D eigenvalue weighted by Crippen LogP contribution is -2.05. The third kappa shape index (κ3) is 5.17. The normalized spacial score (nSPS) is 9.93. The van der Waals surface area contributed by atoms with Crippen LogP contribution in [0.3, 0.4) is 0 Å². The highest BCUT2D eigenvalue weighted by Crippen LogP contribution is 2.06. The Morgan fingerprint density at radius 2 is 2.20 bits per heavy atom. The molecule has 0 saturated carbocycles. The SMILES string of the molecule is O=C(O)CCCCNc1ccc(Cl)nn1. The number of carbonyl (C=O) groups is 1. The number of carboxylic acid groups (broad SMARTS) is 1. The molecule has 0 aromatic carbocycles. The Morgan fingerprint density at radius 3 is 2.80 bits per heavy atom. The number of aliphatic carboxylic acids is 1. The van der Waals surface area contributed by atoms with Crippen molar-refractivity contribution < 1.29 is 9.90 Å². The molecule has 82 valence electrons. The molecule has 0 amide bonds. The highest BCUT2D eigenvalue weighted by molar-refractivity contribution is 6.29. The van der Waals surface area contributed by atoms with Gasteiger partial charge in [0.25, 0.3) is 0 Å². The number of nitrogens with zero attached hydrogens (tertiary/aromatic N) is 2. The predicted octanol–water partition coefficient (Wildman–Crippen LogP) is 1.80. The number of rotatable bonds is 6. The second-order valence-electron chi connectivity index (χ2n) is 3.02. The molecule has 0 aliphatic heterocycles. The molecule has 15 heavy (non-hydrogen) atoms. The van der Waals surface area contributed by atoms with E-state index in [1.54, 1.807) is 12.1 Å². The van der Waals surface area contributed by atoms with Crippen LogP contribution in [0.2, 0.25) is 5.15 Å². The Balaban J connectivity index is 2.15. The maximum absolute atomic E-state index is 10.2. The number of anilines is 1. The lowest BCUT2D eigenvalue weighted by atomic mass is 10.2. The van der Waals surface area contributed by atoms with E-state index in [0.29, 0.717) is 23.9 Å². The van der Waals surface area contributed by atoms with E-state index >= 15 is 0 Å². The molecule has 1 aromatic heterocycles. The molecule has 0 radical (unpaired) electrons. The third-order valence-corrected chi connectivity index (χ3v) is 1.96. The van der Waals surface area contributed by atoms with Crippen LogP contribution in [-0.4, -0.2) is 27.8 Å². The maximum Gasteiger partial charge on any atom is 0.303 e. The molecule has 0 aliphatic rings. The molecule has 0 unspecified atom stereocenters. The van der Waals surface area contributed by atoms with Crippen molar-refractivity contribution in [2.45, 2.75) is 19.3 Å². The smallest absolute Gasteiger partial charge is 0.303 e. The minimum Gasteiger partial charge on any atom is -0.481 e. The topological polar surface area (TPSA) is 75.1 Å². The van der Waals surface area contributed by atoms with Crippen molar-refractivity contribution in [2.24, 2.45) is 0 Å². The van der Waals surface area contributed by atoms with Crippen LogP contribution in [0.25, 0.3) is 0 Å². The Kier molecular flexibility index (Phi) is 4.83. The molecular formula is C9H12ClN3O2. The van der Waals surface area contributed by atoms with Crippen molar-refractivity contribution in [3.63, 3.8) is 0 Å². The standard InChI is InChI=1S/C9H12ClN3O2/c10-7-4-5-8(13-12-7)11-6-2-1-3-9(14)15/h4-5H,1-3,6H2,(H,11,13)(H,14,15). The first-order valence-electron chi connectivity index (χ1n) is 4.63. The summed E-state index contributed by atoms with van der Waals surface area (Å²) in [5.41, 5.74) is 0. The molecule has 1 heterocycles. The second kappa shape index (κ2) is 6.19. The molecule has 1 aromatic rings. The van der Waals surface area contributed by atoms with E-state index in [1.165, 1.54) is 0 Å². The number of halogens is 1. The number of carboxylic acids is 1. The molecule has 5 nitrogen and oxygen atoms in total. The van der Waals surface area contributed by atoms with Crippen molar-refractivity contribution in [3.8, 4) is 0 Å². The Labute approximate surface area is 92.5 Å². The average Bonchev–Trinajstić information content (AvgIpc) is 2.20. The van der Waals surface area contributed by atoms with Crippen LogP contribution >= 0.6 is 11.6 Å². The predicted molar refractivity (Wildman–Crippen MR) is 57.0 cm³/mol. The van der Waals surface area contributed by atoms with Gasteiger partial charge in [-0.05, 0) is 25.0 Å². The summed E-state index contributed by atoms with van der Waals surface area (Å²) in [5.74, 6) is -0.115. The first-order chi connectivity index (χ1) is 7.18. The maximum atomic E-state index is 10.2. The monoisotopic (exact) mass is 229 g/mol. The van der Waals surface area contributed by atoms with Gasteiger partial charge >= 0.3 is 5.97 Å². The lowest BCUT2D eigenvalue weighted by Gasteiger charge is -2.03. The van der Waals surface area contributed by atoms with Crippen molar-refractivity contribution in [2.75, 3.05) is 11.9 Å². The molecular weight excluding hydrogens is 218 g/mol. The van der Waals surface area contributed by atoms with E-state index < -0.39 is 5.97 Å². The molecule has 0 saturated heterocycles. The van der Waals surface area contributed by atoms with Crippen molar-refractivity contribution >= 4 is 23.4 Å². The Bertz CT molecular complexity index is 316. The third-order valence-electron chi connectivity index (χ3n) is 1.76. The van der Waals surface area contributed by atoms with Crippen LogP contribution in [0, 0.1) is 0 Å². The van der Waals surface area contributed by atoms with E-state index in [0.717, 1.165) is 6.42 Å². The van der Waals surface area contributed by atoms with Crippen molar-refractivity contribution in [3.05, 3.63) is 17.3 Å². The van der Waals surface area contributed by atoms with Gasteiger partial charge in [-0.2, -0.15) is 0 Å². The molecule has 6 heteroatoms. The zero-order valence-electron chi connectivity index (χ0n) is 8.11. The van der Waals surface area contributed by atoms with Crippen LogP contribution in [-0.2, 0) is 4.79 Å². The molecule has 0 atom stereocenters. The van der Waals surface area contributed by atoms with Crippen molar-refractivity contribution in [1.82, 2.24) is 10.2 Å². The van der Waals surface area contributed by atoms with Crippen LogP contribution in [0.1, 0.15) is 19.3 Å². The fourth-order valence-electron chi connectivity index (χ4n) is 1.03. The first-order valence-corrected chi connectivity index (χ1v) is 5.01. The van der Waals surface area contributed by atoms with E-state index in [9.17, 15) is 4.79 Å². The summed E-state index contributed by atoms with van der Waals surface area (Å²) in [7, 11) is 0. The van der Waals surface area contributed by atoms with Crippen molar-refractivity contribution in [1.29, 1.82) is 0 Å². The number of hydrogen-bond donors (Lipinski definition) is 2. The van der Waals surface area contributed by atoms with Gasteiger partial charge in [0, 0.05) is 13.0 Å². The van der Waals surface area contributed by atoms with Crippen LogP contribution in [0.5, 0.6) is 0 Å². The highest BCUT2D eigenvalue weighted by Gasteiger charge is 1.97. The summed E-state index contributed by atoms with van der Waals surface area (Å²) < 4.78 is 0. The summed E-state index contributed by atoms with van der Waals surface area (Å²) in [6.45, 7) is 0.684. The van der Waals surface area contributed by atoms with Gasteiger partial charge in [-0.1, -0.05) is 11.6 Å². The number of hydrogen-bond acceptors (Lipinski definition) is 4. The number of unbranched alkanes of at least 4 members (excludes halogenated alkanes) is 1. The molecule has 0 aliphatic carbocycles.